The van der Waals surface area contributed by atoms with Gasteiger partial charge in [0, 0.05) is 38.3 Å². The number of anilines is 1. The van der Waals surface area contributed by atoms with Crippen molar-refractivity contribution < 1.29 is 4.52 Å². The molecule has 5 nitrogen and oxygen atoms in total. The minimum Gasteiger partial charge on any atom is -0.338 e. The molecule has 5 heteroatoms. The van der Waals surface area contributed by atoms with Crippen LogP contribution in [0.15, 0.2) is 34.9 Å². The van der Waals surface area contributed by atoms with Gasteiger partial charge in [0.2, 0.25) is 5.88 Å². The van der Waals surface area contributed by atoms with Crippen LogP contribution in [0.5, 0.6) is 0 Å². The van der Waals surface area contributed by atoms with Crippen LogP contribution < -0.4 is 10.2 Å². The first-order chi connectivity index (χ1) is 11.6. The summed E-state index contributed by atoms with van der Waals surface area (Å²) in [6.45, 7) is 10.3. The summed E-state index contributed by atoms with van der Waals surface area (Å²) in [7, 11) is 2.16. The predicted octanol–water partition coefficient (Wildman–Crippen LogP) is 2.84. The fourth-order valence-electron chi connectivity index (χ4n) is 3.03. The van der Waals surface area contributed by atoms with Crippen LogP contribution >= 0.6 is 0 Å². The van der Waals surface area contributed by atoms with Crippen molar-refractivity contribution in [1.29, 1.82) is 0 Å². The van der Waals surface area contributed by atoms with Gasteiger partial charge in [-0.1, -0.05) is 49.3 Å². The van der Waals surface area contributed by atoms with Crippen LogP contribution in [0.4, 0.5) is 5.88 Å². The third-order valence-corrected chi connectivity index (χ3v) is 4.46. The largest absolute Gasteiger partial charge is 0.338 e. The Morgan fingerprint density at radius 1 is 1.12 bits per heavy atom. The van der Waals surface area contributed by atoms with Crippen LogP contribution in [0.3, 0.4) is 0 Å². The second-order valence-corrected chi connectivity index (χ2v) is 7.00. The molecule has 2 aromatic rings. The molecule has 0 amide bonds. The molecule has 1 fully saturated rings. The van der Waals surface area contributed by atoms with E-state index in [1.165, 1.54) is 5.56 Å². The van der Waals surface area contributed by atoms with E-state index in [1.54, 1.807) is 0 Å². The van der Waals surface area contributed by atoms with E-state index in [-0.39, 0.29) is 0 Å². The Hall–Kier alpha value is -1.85. The maximum atomic E-state index is 5.80. The van der Waals surface area contributed by atoms with Crippen molar-refractivity contribution in [2.75, 3.05) is 44.7 Å². The standard InChI is InChI=1S/C19H28N4O/c1-15(2)13-20-14-17-18(16-7-5-4-6-8-16)21-24-19(17)23-11-9-22(3)10-12-23/h4-8,15,20H,9-14H2,1-3H3. The second-order valence-electron chi connectivity index (χ2n) is 7.00. The molecule has 0 aliphatic carbocycles. The number of likely N-dealkylation sites (N-methyl/N-ethyl adjacent to an activating group) is 1. The molecular formula is C19H28N4O. The summed E-state index contributed by atoms with van der Waals surface area (Å²) in [5.74, 6) is 1.55. The zero-order chi connectivity index (χ0) is 16.9. The molecule has 1 aliphatic rings. The Bertz CT molecular complexity index is 630. The average molecular weight is 328 g/mol. The first-order valence-corrected chi connectivity index (χ1v) is 8.83. The lowest BCUT2D eigenvalue weighted by atomic mass is 10.1. The van der Waals surface area contributed by atoms with Crippen molar-refractivity contribution in [3.8, 4) is 11.3 Å². The predicted molar refractivity (Wildman–Crippen MR) is 98.2 cm³/mol. The van der Waals surface area contributed by atoms with Crippen LogP contribution in [-0.2, 0) is 6.54 Å². The molecule has 2 heterocycles. The third kappa shape index (κ3) is 3.97. The van der Waals surface area contributed by atoms with E-state index >= 15 is 0 Å². The summed E-state index contributed by atoms with van der Waals surface area (Å²) in [5, 5.41) is 7.96. The lowest BCUT2D eigenvalue weighted by Crippen LogP contribution is -2.44. The normalized spacial score (nSPS) is 16.1. The Morgan fingerprint density at radius 3 is 2.50 bits per heavy atom. The monoisotopic (exact) mass is 328 g/mol. The Morgan fingerprint density at radius 2 is 1.83 bits per heavy atom. The van der Waals surface area contributed by atoms with E-state index in [4.69, 9.17) is 4.52 Å². The van der Waals surface area contributed by atoms with Gasteiger partial charge >= 0.3 is 0 Å². The molecular weight excluding hydrogens is 300 g/mol. The molecule has 0 saturated carbocycles. The fourth-order valence-corrected chi connectivity index (χ4v) is 3.03. The van der Waals surface area contributed by atoms with Crippen molar-refractivity contribution in [2.45, 2.75) is 20.4 Å². The molecule has 3 rings (SSSR count). The number of hydrogen-bond donors (Lipinski definition) is 1. The van der Waals surface area contributed by atoms with E-state index in [0.717, 1.165) is 56.4 Å². The summed E-state index contributed by atoms with van der Waals surface area (Å²) < 4.78 is 5.80. The first kappa shape index (κ1) is 17.0. The Kier molecular flexibility index (Phi) is 5.53. The molecule has 0 bridgehead atoms. The molecule has 1 aromatic carbocycles. The smallest absolute Gasteiger partial charge is 0.232 e. The number of rotatable bonds is 6. The van der Waals surface area contributed by atoms with Gasteiger partial charge in [0.15, 0.2) is 0 Å². The molecule has 130 valence electrons. The second kappa shape index (κ2) is 7.81. The fraction of sp³-hybridized carbons (Fsp3) is 0.526. The van der Waals surface area contributed by atoms with Gasteiger partial charge in [-0.3, -0.25) is 0 Å². The molecule has 0 unspecified atom stereocenters. The molecule has 1 saturated heterocycles. The number of nitrogens with zero attached hydrogens (tertiary/aromatic N) is 3. The molecule has 24 heavy (non-hydrogen) atoms. The van der Waals surface area contributed by atoms with Crippen LogP contribution in [-0.4, -0.2) is 49.8 Å². The Labute approximate surface area is 144 Å². The highest BCUT2D eigenvalue weighted by Gasteiger charge is 2.24. The van der Waals surface area contributed by atoms with Gasteiger partial charge in [-0.05, 0) is 19.5 Å². The van der Waals surface area contributed by atoms with Gasteiger partial charge in [0.25, 0.3) is 0 Å². The van der Waals surface area contributed by atoms with Gasteiger partial charge in [-0.25, -0.2) is 0 Å². The van der Waals surface area contributed by atoms with E-state index in [1.807, 2.05) is 18.2 Å². The minimum atomic E-state index is 0.622. The third-order valence-electron chi connectivity index (χ3n) is 4.46. The van der Waals surface area contributed by atoms with Crippen LogP contribution in [0.2, 0.25) is 0 Å². The van der Waals surface area contributed by atoms with Gasteiger partial charge < -0.3 is 19.6 Å². The van der Waals surface area contributed by atoms with Crippen LogP contribution in [0.25, 0.3) is 11.3 Å². The number of nitrogens with one attached hydrogen (secondary N) is 1. The quantitative estimate of drug-likeness (QED) is 0.883. The summed E-state index contributed by atoms with van der Waals surface area (Å²) in [5.41, 5.74) is 3.25. The summed E-state index contributed by atoms with van der Waals surface area (Å²) in [6.07, 6.45) is 0. The first-order valence-electron chi connectivity index (χ1n) is 8.83. The van der Waals surface area contributed by atoms with Crippen molar-refractivity contribution >= 4 is 5.88 Å². The van der Waals surface area contributed by atoms with Crippen LogP contribution in [0, 0.1) is 5.92 Å². The molecule has 1 N–H and O–H groups in total. The SMILES string of the molecule is CC(C)CNCc1c(-c2ccccc2)noc1N1CCN(C)CC1. The van der Waals surface area contributed by atoms with Crippen molar-refractivity contribution in [3.05, 3.63) is 35.9 Å². The maximum absolute atomic E-state index is 5.80. The van der Waals surface area contributed by atoms with E-state index in [2.05, 4.69) is 53.3 Å². The van der Waals surface area contributed by atoms with Crippen molar-refractivity contribution in [2.24, 2.45) is 5.92 Å². The highest BCUT2D eigenvalue weighted by atomic mass is 16.5. The van der Waals surface area contributed by atoms with Gasteiger partial charge in [0.05, 0.1) is 5.56 Å². The number of aromatic nitrogens is 1. The van der Waals surface area contributed by atoms with Gasteiger partial charge in [-0.15, -0.1) is 0 Å². The lowest BCUT2D eigenvalue weighted by molar-refractivity contribution is 0.299. The minimum absolute atomic E-state index is 0.622. The van der Waals surface area contributed by atoms with E-state index < -0.39 is 0 Å². The highest BCUT2D eigenvalue weighted by molar-refractivity contribution is 5.68. The maximum Gasteiger partial charge on any atom is 0.232 e. The topological polar surface area (TPSA) is 44.5 Å². The van der Waals surface area contributed by atoms with Crippen LogP contribution in [0.1, 0.15) is 19.4 Å². The Balaban J connectivity index is 1.86. The molecule has 1 aromatic heterocycles. The summed E-state index contributed by atoms with van der Waals surface area (Å²) >= 11 is 0. The molecule has 1 aliphatic heterocycles. The molecule has 0 spiro atoms. The lowest BCUT2D eigenvalue weighted by Gasteiger charge is -2.32. The number of piperazine rings is 1. The van der Waals surface area contributed by atoms with Gasteiger partial charge in [0.1, 0.15) is 5.69 Å². The van der Waals surface area contributed by atoms with Gasteiger partial charge in [-0.2, -0.15) is 0 Å². The average Bonchev–Trinajstić information content (AvgIpc) is 3.00. The van der Waals surface area contributed by atoms with Crippen molar-refractivity contribution in [1.82, 2.24) is 15.4 Å². The van der Waals surface area contributed by atoms with E-state index in [0.29, 0.717) is 5.92 Å². The van der Waals surface area contributed by atoms with Crippen molar-refractivity contribution in [3.63, 3.8) is 0 Å². The zero-order valence-electron chi connectivity index (χ0n) is 15.0. The molecule has 0 atom stereocenters. The summed E-state index contributed by atoms with van der Waals surface area (Å²) in [4.78, 5) is 4.67. The molecule has 0 radical (unpaired) electrons. The number of benzene rings is 1. The summed E-state index contributed by atoms with van der Waals surface area (Å²) in [6, 6.07) is 10.3. The number of hydrogen-bond acceptors (Lipinski definition) is 5. The van der Waals surface area contributed by atoms with E-state index in [9.17, 15) is 0 Å². The zero-order valence-corrected chi connectivity index (χ0v) is 15.0. The highest BCUT2D eigenvalue weighted by Crippen LogP contribution is 2.31.